The minimum absolute atomic E-state index is 0.262. The van der Waals surface area contributed by atoms with Crippen molar-refractivity contribution >= 4 is 11.6 Å². The fourth-order valence-corrected chi connectivity index (χ4v) is 2.01. The number of aryl methyl sites for hydroxylation is 1. The lowest BCUT2D eigenvalue weighted by Crippen LogP contribution is -2.23. The molecule has 0 aliphatic carbocycles. The molecule has 100 valence electrons. The summed E-state index contributed by atoms with van der Waals surface area (Å²) in [6.07, 6.45) is 0.432. The van der Waals surface area contributed by atoms with Crippen LogP contribution in [0.2, 0.25) is 0 Å². The van der Waals surface area contributed by atoms with Crippen molar-refractivity contribution in [3.63, 3.8) is 0 Å². The number of amides is 1. The monoisotopic (exact) mass is 264 g/mol. The molecule has 1 unspecified atom stereocenters. The quantitative estimate of drug-likeness (QED) is 0.921. The number of nitriles is 1. The van der Waals surface area contributed by atoms with Gasteiger partial charge in [0, 0.05) is 5.69 Å². The van der Waals surface area contributed by atoms with Gasteiger partial charge >= 0.3 is 0 Å². The molecule has 0 aromatic heterocycles. The third-order valence-electron chi connectivity index (χ3n) is 3.20. The lowest BCUT2D eigenvalue weighted by molar-refractivity contribution is -0.118. The van der Waals surface area contributed by atoms with E-state index in [2.05, 4.69) is 11.4 Å². The summed E-state index contributed by atoms with van der Waals surface area (Å²) in [5.74, 6) is -0.946. The van der Waals surface area contributed by atoms with Gasteiger partial charge in [-0.05, 0) is 36.6 Å². The van der Waals surface area contributed by atoms with E-state index in [1.54, 1.807) is 12.1 Å². The number of nitrogens with one attached hydrogen (secondary N) is 1. The van der Waals surface area contributed by atoms with Crippen LogP contribution in [-0.2, 0) is 11.2 Å². The number of rotatable bonds is 4. The zero-order valence-corrected chi connectivity index (χ0v) is 11.3. The molecular weight excluding hydrogens is 248 g/mol. The first-order valence-electron chi connectivity index (χ1n) is 6.50. The normalized spacial score (nSPS) is 11.4. The Bertz CT molecular complexity index is 629. The average molecular weight is 264 g/mol. The van der Waals surface area contributed by atoms with Gasteiger partial charge in [-0.1, -0.05) is 42.5 Å². The second kappa shape index (κ2) is 6.53. The summed E-state index contributed by atoms with van der Waals surface area (Å²) in [4.78, 5) is 12.1. The smallest absolute Gasteiger partial charge is 0.242 e. The Morgan fingerprint density at radius 1 is 1.15 bits per heavy atom. The van der Waals surface area contributed by atoms with E-state index in [4.69, 9.17) is 0 Å². The van der Waals surface area contributed by atoms with E-state index >= 15 is 0 Å². The predicted octanol–water partition coefficient (Wildman–Crippen LogP) is 3.32. The minimum atomic E-state index is -0.684. The van der Waals surface area contributed by atoms with Crippen LogP contribution in [-0.4, -0.2) is 5.91 Å². The highest BCUT2D eigenvalue weighted by atomic mass is 16.1. The van der Waals surface area contributed by atoms with Crippen LogP contribution in [0.25, 0.3) is 0 Å². The summed E-state index contributed by atoms with van der Waals surface area (Å²) in [6.45, 7) is 1.98. The number of hydrogen-bond donors (Lipinski definition) is 1. The Kier molecular flexibility index (Phi) is 4.52. The van der Waals surface area contributed by atoms with Crippen molar-refractivity contribution in [2.24, 2.45) is 5.92 Å². The number of anilines is 1. The molecule has 3 heteroatoms. The summed E-state index contributed by atoms with van der Waals surface area (Å²) in [5, 5.41) is 12.0. The van der Waals surface area contributed by atoms with Gasteiger partial charge in [0.05, 0.1) is 6.07 Å². The van der Waals surface area contributed by atoms with Crippen LogP contribution in [0.1, 0.15) is 11.1 Å². The number of benzene rings is 2. The van der Waals surface area contributed by atoms with E-state index < -0.39 is 5.92 Å². The fraction of sp³-hybridized carbons (Fsp3) is 0.176. The van der Waals surface area contributed by atoms with E-state index in [0.717, 1.165) is 11.1 Å². The molecule has 0 heterocycles. The summed E-state index contributed by atoms with van der Waals surface area (Å²) >= 11 is 0. The topological polar surface area (TPSA) is 52.9 Å². The molecule has 0 spiro atoms. The van der Waals surface area contributed by atoms with Crippen molar-refractivity contribution in [1.29, 1.82) is 5.26 Å². The molecule has 0 radical (unpaired) electrons. The van der Waals surface area contributed by atoms with Crippen LogP contribution in [0.3, 0.4) is 0 Å². The molecule has 2 aromatic rings. The van der Waals surface area contributed by atoms with Crippen molar-refractivity contribution in [3.8, 4) is 6.07 Å². The van der Waals surface area contributed by atoms with E-state index in [1.807, 2.05) is 49.4 Å². The molecule has 0 aliphatic heterocycles. The van der Waals surface area contributed by atoms with Crippen LogP contribution in [0.15, 0.2) is 54.6 Å². The van der Waals surface area contributed by atoms with Gasteiger partial charge < -0.3 is 5.32 Å². The Labute approximate surface area is 118 Å². The molecule has 1 amide bonds. The van der Waals surface area contributed by atoms with Crippen LogP contribution in [0, 0.1) is 24.2 Å². The second-order valence-electron chi connectivity index (χ2n) is 4.67. The number of hydrogen-bond acceptors (Lipinski definition) is 2. The van der Waals surface area contributed by atoms with Gasteiger partial charge in [-0.25, -0.2) is 0 Å². The van der Waals surface area contributed by atoms with Crippen LogP contribution in [0.5, 0.6) is 0 Å². The van der Waals surface area contributed by atoms with Crippen LogP contribution < -0.4 is 5.32 Å². The third-order valence-corrected chi connectivity index (χ3v) is 3.20. The van der Waals surface area contributed by atoms with Gasteiger partial charge in [0.1, 0.15) is 5.92 Å². The van der Waals surface area contributed by atoms with Crippen molar-refractivity contribution in [2.45, 2.75) is 13.3 Å². The molecular formula is C17H16N2O. The molecule has 0 aliphatic rings. The first-order valence-corrected chi connectivity index (χ1v) is 6.50. The first-order chi connectivity index (χ1) is 9.70. The zero-order chi connectivity index (χ0) is 14.4. The number of nitrogens with zero attached hydrogens (tertiary/aromatic N) is 1. The van der Waals surface area contributed by atoms with Gasteiger partial charge in [0.15, 0.2) is 0 Å². The van der Waals surface area contributed by atoms with Gasteiger partial charge in [0.25, 0.3) is 0 Å². The standard InChI is InChI=1S/C17H16N2O/c1-13-7-5-6-8-14(13)11-15(12-18)17(20)19-16-9-3-2-4-10-16/h2-10,15H,11H2,1H3,(H,19,20). The molecule has 0 saturated carbocycles. The van der Waals surface area contributed by atoms with E-state index in [1.165, 1.54) is 0 Å². The van der Waals surface area contributed by atoms with Crippen molar-refractivity contribution in [2.75, 3.05) is 5.32 Å². The molecule has 1 atom stereocenters. The highest BCUT2D eigenvalue weighted by molar-refractivity contribution is 5.94. The Hall–Kier alpha value is -2.60. The summed E-state index contributed by atoms with van der Waals surface area (Å²) in [5.41, 5.74) is 2.84. The molecule has 0 saturated heterocycles. The maximum Gasteiger partial charge on any atom is 0.242 e. The minimum Gasteiger partial charge on any atom is -0.325 e. The first kappa shape index (κ1) is 13.8. The number of carbonyl (C=O) groups excluding carboxylic acids is 1. The Balaban J connectivity index is 2.07. The maximum absolute atomic E-state index is 12.1. The molecule has 3 nitrogen and oxygen atoms in total. The van der Waals surface area contributed by atoms with Gasteiger partial charge in [-0.3, -0.25) is 4.79 Å². The second-order valence-corrected chi connectivity index (χ2v) is 4.67. The summed E-state index contributed by atoms with van der Waals surface area (Å²) in [6, 6.07) is 19.1. The third kappa shape index (κ3) is 3.46. The lowest BCUT2D eigenvalue weighted by atomic mass is 9.96. The molecule has 0 fully saturated rings. The van der Waals surface area contributed by atoms with Gasteiger partial charge in [-0.2, -0.15) is 5.26 Å². The Morgan fingerprint density at radius 2 is 1.80 bits per heavy atom. The number of para-hydroxylation sites is 1. The average Bonchev–Trinajstić information content (AvgIpc) is 2.47. The van der Waals surface area contributed by atoms with Gasteiger partial charge in [0.2, 0.25) is 5.91 Å². The van der Waals surface area contributed by atoms with Gasteiger partial charge in [-0.15, -0.1) is 0 Å². The molecule has 0 bridgehead atoms. The van der Waals surface area contributed by atoms with E-state index in [-0.39, 0.29) is 5.91 Å². The van der Waals surface area contributed by atoms with E-state index in [0.29, 0.717) is 12.1 Å². The van der Waals surface area contributed by atoms with Crippen LogP contribution >= 0.6 is 0 Å². The summed E-state index contributed by atoms with van der Waals surface area (Å²) < 4.78 is 0. The van der Waals surface area contributed by atoms with Crippen molar-refractivity contribution in [3.05, 3.63) is 65.7 Å². The molecule has 2 rings (SSSR count). The zero-order valence-electron chi connectivity index (χ0n) is 11.3. The lowest BCUT2D eigenvalue weighted by Gasteiger charge is -2.11. The SMILES string of the molecule is Cc1ccccc1CC(C#N)C(=O)Nc1ccccc1. The highest BCUT2D eigenvalue weighted by Crippen LogP contribution is 2.15. The van der Waals surface area contributed by atoms with E-state index in [9.17, 15) is 10.1 Å². The van der Waals surface area contributed by atoms with Crippen LogP contribution in [0.4, 0.5) is 5.69 Å². The Morgan fingerprint density at radius 3 is 2.45 bits per heavy atom. The van der Waals surface area contributed by atoms with Crippen molar-refractivity contribution < 1.29 is 4.79 Å². The summed E-state index contributed by atoms with van der Waals surface area (Å²) in [7, 11) is 0. The fourth-order valence-electron chi connectivity index (χ4n) is 2.01. The molecule has 20 heavy (non-hydrogen) atoms. The number of carbonyl (C=O) groups is 1. The molecule has 2 aromatic carbocycles. The molecule has 1 N–H and O–H groups in total. The largest absolute Gasteiger partial charge is 0.325 e. The maximum atomic E-state index is 12.1. The van der Waals surface area contributed by atoms with Crippen molar-refractivity contribution in [1.82, 2.24) is 0 Å². The predicted molar refractivity (Wildman–Crippen MR) is 79.1 cm³/mol. The highest BCUT2D eigenvalue weighted by Gasteiger charge is 2.19.